The van der Waals surface area contributed by atoms with E-state index in [2.05, 4.69) is 0 Å². The minimum absolute atomic E-state index is 0.137. The van der Waals surface area contributed by atoms with Gasteiger partial charge in [-0.1, -0.05) is 0 Å². The van der Waals surface area contributed by atoms with E-state index in [-0.39, 0.29) is 18.1 Å². The summed E-state index contributed by atoms with van der Waals surface area (Å²) in [6, 6.07) is 0. The average Bonchev–Trinajstić information content (AvgIpc) is 2.79. The van der Waals surface area contributed by atoms with Crippen molar-refractivity contribution >= 4 is 6.09 Å². The molecule has 1 saturated heterocycles. The van der Waals surface area contributed by atoms with Gasteiger partial charge in [0.05, 0.1) is 0 Å². The molecule has 1 aliphatic carbocycles. The van der Waals surface area contributed by atoms with Crippen LogP contribution in [-0.4, -0.2) is 41.4 Å². The second-order valence-corrected chi connectivity index (χ2v) is 6.10. The number of ether oxygens (including phenoxy) is 1. The number of aliphatic hydroxyl groups is 1. The summed E-state index contributed by atoms with van der Waals surface area (Å²) in [6.07, 6.45) is 1.99. The molecule has 1 saturated carbocycles. The van der Waals surface area contributed by atoms with E-state index in [1.54, 1.807) is 4.90 Å². The number of rotatable bonds is 2. The van der Waals surface area contributed by atoms with E-state index in [0.29, 0.717) is 5.92 Å². The second kappa shape index (κ2) is 3.62. The van der Waals surface area contributed by atoms with Gasteiger partial charge in [0, 0.05) is 25.6 Å². The minimum atomic E-state index is -0.420. The summed E-state index contributed by atoms with van der Waals surface area (Å²) < 4.78 is 5.28. The largest absolute Gasteiger partial charge is 0.444 e. The predicted octanol–water partition coefficient (Wildman–Crippen LogP) is 1.63. The molecule has 0 aromatic rings. The van der Waals surface area contributed by atoms with Crippen molar-refractivity contribution in [2.45, 2.75) is 39.2 Å². The smallest absolute Gasteiger partial charge is 0.410 e. The van der Waals surface area contributed by atoms with E-state index in [1.165, 1.54) is 0 Å². The maximum atomic E-state index is 11.7. The summed E-state index contributed by atoms with van der Waals surface area (Å²) in [4.78, 5) is 13.4. The third-order valence-corrected chi connectivity index (χ3v) is 3.61. The molecule has 4 heteroatoms. The van der Waals surface area contributed by atoms with Crippen LogP contribution in [-0.2, 0) is 4.74 Å². The summed E-state index contributed by atoms with van der Waals surface area (Å²) in [7, 11) is 0. The summed E-state index contributed by atoms with van der Waals surface area (Å²) in [6.45, 7) is 7.37. The number of amides is 1. The first-order chi connectivity index (χ1) is 7.36. The molecular formula is C12H21NO3. The first-order valence-electron chi connectivity index (χ1n) is 5.95. The Morgan fingerprint density at radius 2 is 2.00 bits per heavy atom. The SMILES string of the molecule is CC(C)(C)OC(=O)N1CC(C2(CO)CC2)C1. The van der Waals surface area contributed by atoms with Crippen LogP contribution in [0, 0.1) is 11.3 Å². The first kappa shape index (κ1) is 11.7. The van der Waals surface area contributed by atoms with Crippen molar-refractivity contribution in [1.82, 2.24) is 4.90 Å². The summed E-state index contributed by atoms with van der Waals surface area (Å²) in [5.41, 5.74) is -0.283. The van der Waals surface area contributed by atoms with E-state index in [4.69, 9.17) is 4.74 Å². The highest BCUT2D eigenvalue weighted by atomic mass is 16.6. The number of carbonyl (C=O) groups excluding carboxylic acids is 1. The number of hydrogen-bond acceptors (Lipinski definition) is 3. The van der Waals surface area contributed by atoms with Crippen molar-refractivity contribution in [2.24, 2.45) is 11.3 Å². The topological polar surface area (TPSA) is 49.8 Å². The van der Waals surface area contributed by atoms with Crippen molar-refractivity contribution in [2.75, 3.05) is 19.7 Å². The summed E-state index contributed by atoms with van der Waals surface area (Å²) >= 11 is 0. The molecular weight excluding hydrogens is 206 g/mol. The molecule has 1 N–H and O–H groups in total. The Hall–Kier alpha value is -0.770. The Kier molecular flexibility index (Phi) is 2.65. The minimum Gasteiger partial charge on any atom is -0.444 e. The van der Waals surface area contributed by atoms with E-state index < -0.39 is 5.60 Å². The van der Waals surface area contributed by atoms with Gasteiger partial charge in [0.25, 0.3) is 0 Å². The molecule has 16 heavy (non-hydrogen) atoms. The van der Waals surface area contributed by atoms with Gasteiger partial charge >= 0.3 is 6.09 Å². The molecule has 0 atom stereocenters. The molecule has 0 aromatic carbocycles. The van der Waals surface area contributed by atoms with Crippen LogP contribution in [0.4, 0.5) is 4.79 Å². The maximum Gasteiger partial charge on any atom is 0.410 e. The first-order valence-corrected chi connectivity index (χ1v) is 5.95. The zero-order valence-corrected chi connectivity index (χ0v) is 10.3. The predicted molar refractivity (Wildman–Crippen MR) is 60.0 cm³/mol. The van der Waals surface area contributed by atoms with Crippen LogP contribution in [0.5, 0.6) is 0 Å². The molecule has 1 amide bonds. The van der Waals surface area contributed by atoms with Crippen LogP contribution < -0.4 is 0 Å². The Balaban J connectivity index is 1.78. The number of nitrogens with zero attached hydrogens (tertiary/aromatic N) is 1. The number of aliphatic hydroxyl groups excluding tert-OH is 1. The van der Waals surface area contributed by atoms with Gasteiger partial charge in [0.2, 0.25) is 0 Å². The highest BCUT2D eigenvalue weighted by molar-refractivity contribution is 5.69. The van der Waals surface area contributed by atoms with Crippen molar-refractivity contribution in [3.05, 3.63) is 0 Å². The van der Waals surface area contributed by atoms with Crippen LogP contribution in [0.15, 0.2) is 0 Å². The molecule has 0 radical (unpaired) electrons. The number of hydrogen-bond donors (Lipinski definition) is 1. The van der Waals surface area contributed by atoms with Crippen LogP contribution in [0.2, 0.25) is 0 Å². The van der Waals surface area contributed by atoms with Gasteiger partial charge in [-0.3, -0.25) is 0 Å². The fraction of sp³-hybridized carbons (Fsp3) is 0.917. The zero-order valence-electron chi connectivity index (χ0n) is 10.3. The third-order valence-electron chi connectivity index (χ3n) is 3.61. The van der Waals surface area contributed by atoms with Crippen molar-refractivity contribution in [1.29, 1.82) is 0 Å². The summed E-state index contributed by atoms with van der Waals surface area (Å²) in [5, 5.41) is 9.27. The lowest BCUT2D eigenvalue weighted by molar-refractivity contribution is -0.0217. The molecule has 2 fully saturated rings. The fourth-order valence-corrected chi connectivity index (χ4v) is 2.20. The van der Waals surface area contributed by atoms with E-state index in [0.717, 1.165) is 25.9 Å². The van der Waals surface area contributed by atoms with E-state index >= 15 is 0 Å². The van der Waals surface area contributed by atoms with Crippen LogP contribution in [0.3, 0.4) is 0 Å². The maximum absolute atomic E-state index is 11.7. The van der Waals surface area contributed by atoms with Crippen molar-refractivity contribution in [3.8, 4) is 0 Å². The standard InChI is InChI=1S/C12H21NO3/c1-11(2,3)16-10(15)13-6-9(7-13)12(8-14)4-5-12/h9,14H,4-8H2,1-3H3. The van der Waals surface area contributed by atoms with E-state index in [9.17, 15) is 9.90 Å². The van der Waals surface area contributed by atoms with Crippen LogP contribution in [0.25, 0.3) is 0 Å². The van der Waals surface area contributed by atoms with Crippen molar-refractivity contribution in [3.63, 3.8) is 0 Å². The Labute approximate surface area is 96.6 Å². The van der Waals surface area contributed by atoms with Crippen molar-refractivity contribution < 1.29 is 14.6 Å². The second-order valence-electron chi connectivity index (χ2n) is 6.10. The Bertz CT molecular complexity index is 285. The highest BCUT2D eigenvalue weighted by Gasteiger charge is 2.54. The van der Waals surface area contributed by atoms with Gasteiger partial charge in [-0.2, -0.15) is 0 Å². The molecule has 92 valence electrons. The molecule has 0 aromatic heterocycles. The quantitative estimate of drug-likeness (QED) is 0.780. The molecule has 0 unspecified atom stereocenters. The molecule has 2 aliphatic rings. The van der Waals surface area contributed by atoms with Gasteiger partial charge < -0.3 is 14.7 Å². The Morgan fingerprint density at radius 3 is 2.38 bits per heavy atom. The normalized spacial score (nSPS) is 23.9. The summed E-state index contributed by atoms with van der Waals surface area (Å²) in [5.74, 6) is 0.477. The molecule has 0 bridgehead atoms. The van der Waals surface area contributed by atoms with Crippen LogP contribution >= 0.6 is 0 Å². The fourth-order valence-electron chi connectivity index (χ4n) is 2.20. The molecule has 4 nitrogen and oxygen atoms in total. The number of likely N-dealkylation sites (tertiary alicyclic amines) is 1. The Morgan fingerprint density at radius 1 is 1.44 bits per heavy atom. The number of carbonyl (C=O) groups is 1. The van der Waals surface area contributed by atoms with Gasteiger partial charge in [0.1, 0.15) is 5.60 Å². The monoisotopic (exact) mass is 227 g/mol. The third kappa shape index (κ3) is 2.17. The van der Waals surface area contributed by atoms with Crippen LogP contribution in [0.1, 0.15) is 33.6 Å². The molecule has 1 aliphatic heterocycles. The van der Waals surface area contributed by atoms with Gasteiger partial charge in [-0.15, -0.1) is 0 Å². The van der Waals surface area contributed by atoms with Gasteiger partial charge in [-0.05, 0) is 39.0 Å². The zero-order chi connectivity index (χ0) is 12.0. The van der Waals surface area contributed by atoms with Gasteiger partial charge in [-0.25, -0.2) is 4.79 Å². The van der Waals surface area contributed by atoms with Gasteiger partial charge in [0.15, 0.2) is 0 Å². The molecule has 1 heterocycles. The lowest BCUT2D eigenvalue weighted by Crippen LogP contribution is -2.55. The molecule has 0 spiro atoms. The highest BCUT2D eigenvalue weighted by Crippen LogP contribution is 2.54. The average molecular weight is 227 g/mol. The molecule has 2 rings (SSSR count). The lowest BCUT2D eigenvalue weighted by atomic mass is 9.83. The van der Waals surface area contributed by atoms with E-state index in [1.807, 2.05) is 20.8 Å². The lowest BCUT2D eigenvalue weighted by Gasteiger charge is -2.43.